The number of aromatic amines is 1. The van der Waals surface area contributed by atoms with E-state index in [1.165, 1.54) is 4.68 Å². The van der Waals surface area contributed by atoms with Gasteiger partial charge in [0.25, 0.3) is 5.56 Å². The largest absolute Gasteiger partial charge is 0.330 e. The Morgan fingerprint density at radius 2 is 1.71 bits per heavy atom. The average Bonchev–Trinajstić information content (AvgIpc) is 2.61. The van der Waals surface area contributed by atoms with Gasteiger partial charge in [0.2, 0.25) is 4.77 Å². The van der Waals surface area contributed by atoms with Crippen molar-refractivity contribution in [3.63, 3.8) is 0 Å². The van der Waals surface area contributed by atoms with E-state index in [1.54, 1.807) is 12.3 Å². The Morgan fingerprint density at radius 3 is 2.58 bits per heavy atom. The Bertz CT molecular complexity index is 1200. The standard InChI is InChI=1S/C19H13N3OS/c23-18-16-7-3-4-8-17(16)21-19(24)22(18)20-12-13-9-10-14-5-1-2-6-15(14)11-13/h1-12H,(H,21,24)/b20-12-. The molecule has 24 heavy (non-hydrogen) atoms. The predicted octanol–water partition coefficient (Wildman–Crippen LogP) is 4.09. The first-order valence-corrected chi connectivity index (χ1v) is 7.90. The van der Waals surface area contributed by atoms with E-state index in [0.29, 0.717) is 10.9 Å². The lowest BCUT2D eigenvalue weighted by Crippen LogP contribution is -2.18. The van der Waals surface area contributed by atoms with Gasteiger partial charge in [-0.2, -0.15) is 9.78 Å². The van der Waals surface area contributed by atoms with Gasteiger partial charge in [0, 0.05) is 0 Å². The summed E-state index contributed by atoms with van der Waals surface area (Å²) in [6, 6.07) is 21.4. The Kier molecular flexibility index (Phi) is 3.55. The second-order valence-corrected chi connectivity index (χ2v) is 5.83. The maximum Gasteiger partial charge on any atom is 0.282 e. The zero-order valence-corrected chi connectivity index (χ0v) is 13.5. The molecule has 0 radical (unpaired) electrons. The first kappa shape index (κ1) is 14.5. The van der Waals surface area contributed by atoms with Crippen molar-refractivity contribution in [1.29, 1.82) is 0 Å². The summed E-state index contributed by atoms with van der Waals surface area (Å²) in [4.78, 5) is 15.6. The van der Waals surface area contributed by atoms with Crippen LogP contribution in [0.3, 0.4) is 0 Å². The lowest BCUT2D eigenvalue weighted by atomic mass is 10.1. The Hall–Kier alpha value is -3.05. The molecule has 0 aliphatic carbocycles. The SMILES string of the molecule is O=c1c2ccccc2[nH]c(=S)n1/N=C\c1ccc2ccccc2c1. The van der Waals surface area contributed by atoms with Crippen molar-refractivity contribution in [3.8, 4) is 0 Å². The van der Waals surface area contributed by atoms with Crippen molar-refractivity contribution in [2.45, 2.75) is 0 Å². The van der Waals surface area contributed by atoms with Crippen LogP contribution in [0.1, 0.15) is 5.56 Å². The Labute approximate surface area is 142 Å². The highest BCUT2D eigenvalue weighted by atomic mass is 32.1. The van der Waals surface area contributed by atoms with Gasteiger partial charge in [-0.05, 0) is 46.8 Å². The molecule has 5 heteroatoms. The number of aromatic nitrogens is 2. The summed E-state index contributed by atoms with van der Waals surface area (Å²) in [5.41, 5.74) is 1.39. The maximum absolute atomic E-state index is 12.5. The molecule has 0 saturated heterocycles. The molecule has 4 nitrogen and oxygen atoms in total. The highest BCUT2D eigenvalue weighted by Crippen LogP contribution is 2.14. The van der Waals surface area contributed by atoms with Crippen molar-refractivity contribution >= 4 is 40.1 Å². The van der Waals surface area contributed by atoms with Gasteiger partial charge < -0.3 is 4.98 Å². The topological polar surface area (TPSA) is 50.1 Å². The molecule has 1 aromatic heterocycles. The lowest BCUT2D eigenvalue weighted by molar-refractivity contribution is 0.800. The molecule has 0 aliphatic rings. The minimum Gasteiger partial charge on any atom is -0.330 e. The van der Waals surface area contributed by atoms with E-state index in [0.717, 1.165) is 16.3 Å². The molecule has 1 N–H and O–H groups in total. The van der Waals surface area contributed by atoms with Crippen LogP contribution in [0, 0.1) is 4.77 Å². The number of nitrogens with one attached hydrogen (secondary N) is 1. The predicted molar refractivity (Wildman–Crippen MR) is 100 cm³/mol. The van der Waals surface area contributed by atoms with Crippen LogP contribution in [-0.2, 0) is 0 Å². The average molecular weight is 331 g/mol. The normalized spacial score (nSPS) is 11.5. The second kappa shape index (κ2) is 5.86. The van der Waals surface area contributed by atoms with Crippen LogP contribution < -0.4 is 5.56 Å². The van der Waals surface area contributed by atoms with E-state index in [2.05, 4.69) is 16.2 Å². The van der Waals surface area contributed by atoms with Gasteiger partial charge in [0.05, 0.1) is 17.1 Å². The minimum atomic E-state index is -0.230. The van der Waals surface area contributed by atoms with Crippen molar-refractivity contribution < 1.29 is 0 Å². The van der Waals surface area contributed by atoms with Crippen LogP contribution in [0.5, 0.6) is 0 Å². The summed E-state index contributed by atoms with van der Waals surface area (Å²) in [5, 5.41) is 7.12. The summed E-state index contributed by atoms with van der Waals surface area (Å²) >= 11 is 5.25. The fourth-order valence-electron chi connectivity index (χ4n) is 2.67. The third-order valence-corrected chi connectivity index (χ3v) is 4.15. The molecule has 0 amide bonds. The fraction of sp³-hybridized carbons (Fsp3) is 0. The highest BCUT2D eigenvalue weighted by molar-refractivity contribution is 7.71. The van der Waals surface area contributed by atoms with E-state index >= 15 is 0 Å². The minimum absolute atomic E-state index is 0.230. The third-order valence-electron chi connectivity index (χ3n) is 3.88. The molecular formula is C19H13N3OS. The van der Waals surface area contributed by atoms with E-state index in [9.17, 15) is 4.79 Å². The number of hydrogen-bond donors (Lipinski definition) is 1. The number of benzene rings is 3. The van der Waals surface area contributed by atoms with Gasteiger partial charge in [0.1, 0.15) is 0 Å². The van der Waals surface area contributed by atoms with Crippen LogP contribution in [0.4, 0.5) is 0 Å². The zero-order valence-electron chi connectivity index (χ0n) is 12.6. The van der Waals surface area contributed by atoms with Gasteiger partial charge in [-0.25, -0.2) is 0 Å². The lowest BCUT2D eigenvalue weighted by Gasteiger charge is -2.03. The van der Waals surface area contributed by atoms with E-state index < -0.39 is 0 Å². The summed E-state index contributed by atoms with van der Waals surface area (Å²) < 4.78 is 1.49. The maximum atomic E-state index is 12.5. The molecule has 3 aromatic carbocycles. The van der Waals surface area contributed by atoms with Crippen molar-refractivity contribution in [2.75, 3.05) is 0 Å². The van der Waals surface area contributed by atoms with E-state index in [4.69, 9.17) is 12.2 Å². The Morgan fingerprint density at radius 1 is 0.958 bits per heavy atom. The first-order valence-electron chi connectivity index (χ1n) is 7.50. The summed E-state index contributed by atoms with van der Waals surface area (Å²) in [6.07, 6.45) is 1.65. The molecule has 0 aliphatic heterocycles. The van der Waals surface area contributed by atoms with E-state index in [1.807, 2.05) is 54.6 Å². The Balaban J connectivity index is 1.81. The quantitative estimate of drug-likeness (QED) is 0.444. The van der Waals surface area contributed by atoms with Crippen LogP contribution in [-0.4, -0.2) is 15.9 Å². The van der Waals surface area contributed by atoms with Gasteiger partial charge in [0.15, 0.2) is 0 Å². The molecule has 4 rings (SSSR count). The number of rotatable bonds is 2. The number of nitrogens with zero attached hydrogens (tertiary/aromatic N) is 2. The van der Waals surface area contributed by atoms with Crippen LogP contribution in [0.15, 0.2) is 76.6 Å². The molecule has 0 unspecified atom stereocenters. The first-order chi connectivity index (χ1) is 11.7. The van der Waals surface area contributed by atoms with Crippen molar-refractivity contribution in [1.82, 2.24) is 9.66 Å². The summed E-state index contributed by atoms with van der Waals surface area (Å²) in [6.45, 7) is 0. The zero-order chi connectivity index (χ0) is 16.5. The van der Waals surface area contributed by atoms with Gasteiger partial charge >= 0.3 is 0 Å². The van der Waals surface area contributed by atoms with Gasteiger partial charge in [-0.1, -0.05) is 48.5 Å². The number of para-hydroxylation sites is 1. The molecular weight excluding hydrogens is 318 g/mol. The molecule has 4 aromatic rings. The smallest absolute Gasteiger partial charge is 0.282 e. The summed E-state index contributed by atoms with van der Waals surface area (Å²) in [5.74, 6) is 0. The second-order valence-electron chi connectivity index (χ2n) is 5.44. The van der Waals surface area contributed by atoms with Crippen molar-refractivity contribution in [3.05, 3.63) is 87.4 Å². The van der Waals surface area contributed by atoms with Crippen LogP contribution in [0.2, 0.25) is 0 Å². The highest BCUT2D eigenvalue weighted by Gasteiger charge is 2.03. The monoisotopic (exact) mass is 331 g/mol. The number of hydrogen-bond acceptors (Lipinski definition) is 3. The number of H-pyrrole nitrogens is 1. The van der Waals surface area contributed by atoms with Crippen LogP contribution >= 0.6 is 12.2 Å². The molecule has 116 valence electrons. The van der Waals surface area contributed by atoms with Crippen molar-refractivity contribution in [2.24, 2.45) is 5.10 Å². The molecule has 0 spiro atoms. The number of fused-ring (bicyclic) bond motifs is 2. The molecule has 0 fully saturated rings. The van der Waals surface area contributed by atoms with Gasteiger partial charge in [-0.15, -0.1) is 0 Å². The molecule has 0 saturated carbocycles. The molecule has 0 bridgehead atoms. The molecule has 1 heterocycles. The molecule has 0 atom stereocenters. The third kappa shape index (κ3) is 2.55. The summed E-state index contributed by atoms with van der Waals surface area (Å²) in [7, 11) is 0. The van der Waals surface area contributed by atoms with Crippen LogP contribution in [0.25, 0.3) is 21.7 Å². The van der Waals surface area contributed by atoms with Gasteiger partial charge in [-0.3, -0.25) is 4.79 Å². The van der Waals surface area contributed by atoms with E-state index in [-0.39, 0.29) is 10.3 Å². The fourth-order valence-corrected chi connectivity index (χ4v) is 2.91.